The molecule has 0 fully saturated rings. The Morgan fingerprint density at radius 3 is 2.47 bits per heavy atom. The molecule has 0 bridgehead atoms. The van der Waals surface area contributed by atoms with Crippen molar-refractivity contribution in [2.45, 2.75) is 32.9 Å². The maximum absolute atomic E-state index is 13.0. The van der Waals surface area contributed by atoms with E-state index < -0.39 is 17.6 Å². The van der Waals surface area contributed by atoms with E-state index in [1.54, 1.807) is 24.3 Å². The number of anilines is 1. The molecule has 0 atom stereocenters. The molecule has 0 saturated carbocycles. The Morgan fingerprint density at radius 1 is 1.17 bits per heavy atom. The zero-order chi connectivity index (χ0) is 21.9. The first-order chi connectivity index (χ1) is 14.1. The molecule has 3 rings (SSSR count). The molecule has 30 heavy (non-hydrogen) atoms. The zero-order valence-corrected chi connectivity index (χ0v) is 16.6. The van der Waals surface area contributed by atoms with Crippen LogP contribution in [-0.2, 0) is 11.0 Å². The van der Waals surface area contributed by atoms with E-state index in [9.17, 15) is 18.0 Å². The number of hydrogen-bond donors (Lipinski definition) is 1. The van der Waals surface area contributed by atoms with Crippen LogP contribution in [0.1, 0.15) is 36.7 Å². The highest BCUT2D eigenvalue weighted by molar-refractivity contribution is 5.92. The lowest BCUT2D eigenvalue weighted by atomic mass is 10.1. The maximum Gasteiger partial charge on any atom is 0.416 e. The number of ether oxygens (including phenoxy) is 1. The van der Waals surface area contributed by atoms with Crippen LogP contribution in [0.5, 0.6) is 5.75 Å². The Kier molecular flexibility index (Phi) is 6.09. The van der Waals surface area contributed by atoms with Crippen molar-refractivity contribution in [3.8, 4) is 17.2 Å². The summed E-state index contributed by atoms with van der Waals surface area (Å²) < 4.78 is 49.6. The molecular weight excluding hydrogens is 399 g/mol. The Morgan fingerprint density at radius 2 is 1.87 bits per heavy atom. The second kappa shape index (κ2) is 8.56. The van der Waals surface area contributed by atoms with Crippen LogP contribution in [0.3, 0.4) is 0 Å². The van der Waals surface area contributed by atoms with Crippen molar-refractivity contribution in [2.24, 2.45) is 0 Å². The van der Waals surface area contributed by atoms with E-state index in [2.05, 4.69) is 15.5 Å². The van der Waals surface area contributed by atoms with E-state index >= 15 is 0 Å². The molecule has 158 valence electrons. The molecule has 3 aromatic rings. The van der Waals surface area contributed by atoms with Crippen LogP contribution in [-0.4, -0.2) is 22.7 Å². The van der Waals surface area contributed by atoms with Crippen LogP contribution in [0.2, 0.25) is 0 Å². The van der Waals surface area contributed by atoms with Gasteiger partial charge in [0.05, 0.1) is 5.56 Å². The number of halogens is 3. The predicted octanol–water partition coefficient (Wildman–Crippen LogP) is 5.20. The molecule has 0 saturated heterocycles. The summed E-state index contributed by atoms with van der Waals surface area (Å²) in [6, 6.07) is 10.3. The van der Waals surface area contributed by atoms with Gasteiger partial charge in [0.25, 0.3) is 11.8 Å². The van der Waals surface area contributed by atoms with Gasteiger partial charge in [0.2, 0.25) is 0 Å². The summed E-state index contributed by atoms with van der Waals surface area (Å²) in [6.07, 6.45) is -4.49. The van der Waals surface area contributed by atoms with Gasteiger partial charge in [-0.25, -0.2) is 0 Å². The Hall–Kier alpha value is -3.36. The minimum absolute atomic E-state index is 0.0528. The minimum Gasteiger partial charge on any atom is -0.484 e. The van der Waals surface area contributed by atoms with Gasteiger partial charge >= 0.3 is 6.18 Å². The van der Waals surface area contributed by atoms with E-state index in [4.69, 9.17) is 9.26 Å². The first kappa shape index (κ1) is 21.4. The number of nitrogens with one attached hydrogen (secondary N) is 1. The van der Waals surface area contributed by atoms with Crippen molar-refractivity contribution >= 4 is 11.6 Å². The van der Waals surface area contributed by atoms with E-state index in [-0.39, 0.29) is 23.8 Å². The molecule has 9 heteroatoms. The molecule has 0 radical (unpaired) electrons. The topological polar surface area (TPSA) is 77.2 Å². The van der Waals surface area contributed by atoms with Crippen molar-refractivity contribution in [1.82, 2.24) is 10.1 Å². The van der Waals surface area contributed by atoms with Crippen LogP contribution in [0, 0.1) is 6.92 Å². The molecule has 1 N–H and O–H groups in total. The van der Waals surface area contributed by atoms with Crippen molar-refractivity contribution in [3.05, 3.63) is 59.4 Å². The van der Waals surface area contributed by atoms with Crippen LogP contribution in [0.25, 0.3) is 11.5 Å². The van der Waals surface area contributed by atoms with E-state index in [0.29, 0.717) is 23.0 Å². The lowest BCUT2D eigenvalue weighted by Crippen LogP contribution is -2.21. The Labute approximate surface area is 171 Å². The Bertz CT molecular complexity index is 1030. The van der Waals surface area contributed by atoms with Crippen molar-refractivity contribution < 1.29 is 27.2 Å². The minimum atomic E-state index is -4.49. The summed E-state index contributed by atoms with van der Waals surface area (Å²) >= 11 is 0. The molecule has 1 amide bonds. The number of benzene rings is 2. The first-order valence-electron chi connectivity index (χ1n) is 9.18. The average Bonchev–Trinajstić information content (AvgIpc) is 3.18. The number of carbonyl (C=O) groups excluding carboxylic acids is 1. The molecule has 1 aromatic heterocycles. The summed E-state index contributed by atoms with van der Waals surface area (Å²) in [5.41, 5.74) is -0.0570. The molecule has 0 spiro atoms. The molecule has 2 aromatic carbocycles. The maximum atomic E-state index is 13.0. The van der Waals surface area contributed by atoms with Gasteiger partial charge in [0.15, 0.2) is 12.4 Å². The highest BCUT2D eigenvalue weighted by atomic mass is 19.4. The number of alkyl halides is 3. The van der Waals surface area contributed by atoms with Gasteiger partial charge in [-0.1, -0.05) is 25.1 Å². The number of amides is 1. The Balaban J connectivity index is 1.60. The highest BCUT2D eigenvalue weighted by Gasteiger charge is 2.33. The third-order valence-electron chi connectivity index (χ3n) is 4.34. The highest BCUT2D eigenvalue weighted by Crippen LogP contribution is 2.34. The summed E-state index contributed by atoms with van der Waals surface area (Å²) in [4.78, 5) is 16.4. The average molecular weight is 419 g/mol. The normalized spacial score (nSPS) is 11.6. The molecule has 1 heterocycles. The third kappa shape index (κ3) is 4.97. The predicted molar refractivity (Wildman–Crippen MR) is 104 cm³/mol. The fourth-order valence-electron chi connectivity index (χ4n) is 2.69. The molecular formula is C21H20F3N3O3. The van der Waals surface area contributed by atoms with Gasteiger partial charge in [-0.15, -0.1) is 0 Å². The smallest absolute Gasteiger partial charge is 0.416 e. The molecule has 0 aliphatic heterocycles. The third-order valence-corrected chi connectivity index (χ3v) is 4.34. The monoisotopic (exact) mass is 419 g/mol. The fraction of sp³-hybridized carbons (Fsp3) is 0.286. The van der Waals surface area contributed by atoms with Crippen LogP contribution in [0.4, 0.5) is 18.9 Å². The first-order valence-corrected chi connectivity index (χ1v) is 9.18. The number of hydrogen-bond acceptors (Lipinski definition) is 5. The van der Waals surface area contributed by atoms with Gasteiger partial charge in [-0.3, -0.25) is 4.79 Å². The van der Waals surface area contributed by atoms with E-state index in [1.807, 2.05) is 13.8 Å². The summed E-state index contributed by atoms with van der Waals surface area (Å²) in [5.74, 6) is 0.970. The SMILES string of the molecule is Cc1c(NC(=O)COc2ccc(-c3nc(C(C)C)no3)cc2)cccc1C(F)(F)F. The molecule has 0 unspecified atom stereocenters. The van der Waals surface area contributed by atoms with Crippen molar-refractivity contribution in [1.29, 1.82) is 0 Å². The second-order valence-electron chi connectivity index (χ2n) is 6.95. The van der Waals surface area contributed by atoms with Gasteiger partial charge in [-0.05, 0) is 48.9 Å². The summed E-state index contributed by atoms with van der Waals surface area (Å²) in [5, 5.41) is 6.35. The van der Waals surface area contributed by atoms with Crippen molar-refractivity contribution in [2.75, 3.05) is 11.9 Å². The van der Waals surface area contributed by atoms with E-state index in [0.717, 1.165) is 6.07 Å². The van der Waals surface area contributed by atoms with Gasteiger partial charge in [0, 0.05) is 17.2 Å². The van der Waals surface area contributed by atoms with Gasteiger partial charge in [0.1, 0.15) is 5.75 Å². The number of nitrogens with zero attached hydrogens (tertiary/aromatic N) is 2. The van der Waals surface area contributed by atoms with Gasteiger partial charge in [-0.2, -0.15) is 18.2 Å². The molecule has 0 aliphatic carbocycles. The second-order valence-corrected chi connectivity index (χ2v) is 6.95. The van der Waals surface area contributed by atoms with Crippen molar-refractivity contribution in [3.63, 3.8) is 0 Å². The van der Waals surface area contributed by atoms with E-state index in [1.165, 1.54) is 19.1 Å². The lowest BCUT2D eigenvalue weighted by Gasteiger charge is -2.14. The van der Waals surface area contributed by atoms with Gasteiger partial charge < -0.3 is 14.6 Å². The number of rotatable bonds is 6. The van der Waals surface area contributed by atoms with Crippen LogP contribution in [0.15, 0.2) is 47.0 Å². The number of carbonyl (C=O) groups is 1. The molecule has 0 aliphatic rings. The standard InChI is InChI=1S/C21H20F3N3O3/c1-12(2)19-26-20(30-27-19)14-7-9-15(10-8-14)29-11-18(28)25-17-6-4-5-16(13(17)3)21(22,23)24/h4-10,12H,11H2,1-3H3,(H,25,28). The quantitative estimate of drug-likeness (QED) is 0.594. The molecule has 6 nitrogen and oxygen atoms in total. The summed E-state index contributed by atoms with van der Waals surface area (Å²) in [6.45, 7) is 4.86. The fourth-order valence-corrected chi connectivity index (χ4v) is 2.69. The van der Waals surface area contributed by atoms with Crippen LogP contribution < -0.4 is 10.1 Å². The van der Waals surface area contributed by atoms with Crippen LogP contribution >= 0.6 is 0 Å². The lowest BCUT2D eigenvalue weighted by molar-refractivity contribution is -0.138. The zero-order valence-electron chi connectivity index (χ0n) is 16.6. The largest absolute Gasteiger partial charge is 0.484 e. The number of aromatic nitrogens is 2. The summed E-state index contributed by atoms with van der Waals surface area (Å²) in [7, 11) is 0.